The lowest BCUT2D eigenvalue weighted by Crippen LogP contribution is -2.56. The van der Waals surface area contributed by atoms with Gasteiger partial charge in [0.05, 0.1) is 0 Å². The summed E-state index contributed by atoms with van der Waals surface area (Å²) in [4.78, 5) is 6.32. The number of hydrogen-bond donors (Lipinski definition) is 2. The Hall–Kier alpha value is -1.04. The van der Waals surface area contributed by atoms with Crippen molar-refractivity contribution in [2.75, 3.05) is 19.3 Å². The summed E-state index contributed by atoms with van der Waals surface area (Å²) in [5, 5.41) is 5.09. The van der Waals surface area contributed by atoms with Gasteiger partial charge in [0.15, 0.2) is 0 Å². The molecule has 2 N–H and O–H groups in total. The van der Waals surface area contributed by atoms with Gasteiger partial charge in [0, 0.05) is 41.1 Å². The molecule has 2 aromatic rings. The van der Waals surface area contributed by atoms with Crippen molar-refractivity contribution >= 4 is 39.2 Å². The van der Waals surface area contributed by atoms with E-state index in [1.54, 1.807) is 17.3 Å². The van der Waals surface area contributed by atoms with Crippen molar-refractivity contribution in [3.05, 3.63) is 35.0 Å². The zero-order chi connectivity index (χ0) is 17.6. The Bertz CT molecular complexity index is 798. The molecule has 1 aromatic carbocycles. The third-order valence-corrected chi connectivity index (χ3v) is 7.04. The van der Waals surface area contributed by atoms with Gasteiger partial charge in [-0.15, -0.1) is 11.8 Å². The molecule has 2 aliphatic rings. The van der Waals surface area contributed by atoms with Gasteiger partial charge in [0.2, 0.25) is 0 Å². The molecular weight excluding hydrogens is 346 g/mol. The Morgan fingerprint density at radius 2 is 2.28 bits per heavy atom. The largest absolute Gasteiger partial charge is 0.367 e. The molecule has 0 saturated carbocycles. The van der Waals surface area contributed by atoms with E-state index >= 15 is 0 Å². The smallest absolute Gasteiger partial charge is 0.133 e. The van der Waals surface area contributed by atoms with Crippen LogP contribution in [0.3, 0.4) is 0 Å². The highest BCUT2D eigenvalue weighted by Crippen LogP contribution is 2.44. The van der Waals surface area contributed by atoms with Crippen LogP contribution in [0.25, 0.3) is 10.9 Å². The first-order valence-corrected chi connectivity index (χ1v) is 10.9. The third-order valence-electron chi connectivity index (χ3n) is 5.93. The summed E-state index contributed by atoms with van der Waals surface area (Å²) in [6, 6.07) is 7.86. The van der Waals surface area contributed by atoms with Crippen LogP contribution in [0.1, 0.15) is 42.5 Å². The van der Waals surface area contributed by atoms with Crippen molar-refractivity contribution in [1.82, 2.24) is 15.2 Å². The highest BCUT2D eigenvalue weighted by atomic mass is 32.2. The number of rotatable bonds is 3. The van der Waals surface area contributed by atoms with E-state index in [-0.39, 0.29) is 0 Å². The summed E-state index contributed by atoms with van der Waals surface area (Å²) in [6.07, 6.45) is 5.61. The maximum Gasteiger partial charge on any atom is 0.133 e. The highest BCUT2D eigenvalue weighted by molar-refractivity contribution is 8.22. The molecule has 1 aromatic heterocycles. The molecule has 5 heteroatoms. The van der Waals surface area contributed by atoms with Gasteiger partial charge in [-0.25, -0.2) is 0 Å². The number of aromatic amines is 1. The predicted molar refractivity (Wildman–Crippen MR) is 113 cm³/mol. The lowest BCUT2D eigenvalue weighted by molar-refractivity contribution is 0.105. The third kappa shape index (κ3) is 3.00. The number of piperidine rings is 1. The molecule has 0 bridgehead atoms. The number of hydrogen-bond acceptors (Lipinski definition) is 3. The summed E-state index contributed by atoms with van der Waals surface area (Å²) < 4.78 is 0.923. The summed E-state index contributed by atoms with van der Waals surface area (Å²) in [5.41, 5.74) is 5.73. The molecule has 25 heavy (non-hydrogen) atoms. The van der Waals surface area contributed by atoms with Crippen LogP contribution in [-0.2, 0) is 6.42 Å². The number of likely N-dealkylation sites (tertiary alicyclic amines) is 1. The van der Waals surface area contributed by atoms with E-state index in [1.165, 1.54) is 48.0 Å². The second-order valence-electron chi connectivity index (χ2n) is 7.44. The van der Waals surface area contributed by atoms with Gasteiger partial charge in [0.1, 0.15) is 4.32 Å². The van der Waals surface area contributed by atoms with Crippen LogP contribution in [-0.4, -0.2) is 45.6 Å². The van der Waals surface area contributed by atoms with Crippen LogP contribution < -0.4 is 5.32 Å². The van der Waals surface area contributed by atoms with Crippen LogP contribution in [0.4, 0.5) is 0 Å². The second kappa shape index (κ2) is 6.93. The van der Waals surface area contributed by atoms with Crippen molar-refractivity contribution in [1.29, 1.82) is 0 Å². The number of H-pyrrole nitrogens is 1. The summed E-state index contributed by atoms with van der Waals surface area (Å²) in [6.45, 7) is 6.79. The number of aryl methyl sites for hydroxylation is 1. The minimum Gasteiger partial charge on any atom is -0.367 e. The van der Waals surface area contributed by atoms with Gasteiger partial charge < -0.3 is 10.3 Å². The van der Waals surface area contributed by atoms with Gasteiger partial charge in [-0.2, -0.15) is 0 Å². The summed E-state index contributed by atoms with van der Waals surface area (Å²) >= 11 is 7.09. The highest BCUT2D eigenvalue weighted by Gasteiger charge is 2.41. The Labute approximate surface area is 159 Å². The first-order valence-electron chi connectivity index (χ1n) is 9.31. The minimum absolute atomic E-state index is 0.449. The Morgan fingerprint density at radius 3 is 3.04 bits per heavy atom. The number of aromatic nitrogens is 1. The molecule has 2 heterocycles. The molecule has 3 nitrogen and oxygen atoms in total. The molecule has 134 valence electrons. The van der Waals surface area contributed by atoms with E-state index in [4.69, 9.17) is 12.2 Å². The number of benzene rings is 1. The number of thioether (sulfide) groups is 1. The number of nitrogens with one attached hydrogen (secondary N) is 2. The first kappa shape index (κ1) is 17.4. The maximum absolute atomic E-state index is 5.44. The van der Waals surface area contributed by atoms with Crippen molar-refractivity contribution in [2.45, 2.75) is 51.1 Å². The number of fused-ring (bicyclic) bond motifs is 2. The molecule has 0 amide bonds. The molecule has 3 atom stereocenters. The molecule has 0 radical (unpaired) electrons. The SMILES string of the molecule is CCCN1CC(NC(=S)SC)CC2c3cccc4[nH]c(C)c(c34)C[C@H]21. The van der Waals surface area contributed by atoms with Crippen LogP contribution in [0.15, 0.2) is 18.2 Å². The Kier molecular flexibility index (Phi) is 4.82. The van der Waals surface area contributed by atoms with E-state index < -0.39 is 0 Å². The standard InChI is InChI=1S/C20H27N3S2/c1-4-8-23-11-13(22-20(24)25-3)9-16-14-6-5-7-17-19(14)15(10-18(16)23)12(2)21-17/h5-7,13,16,18,21H,4,8-11H2,1-3H3,(H,22,24)/t13?,16?,18-/m1/s1. The zero-order valence-electron chi connectivity index (χ0n) is 15.3. The normalized spacial score (nSPS) is 25.8. The van der Waals surface area contributed by atoms with E-state index in [0.717, 1.165) is 10.9 Å². The minimum atomic E-state index is 0.449. The van der Waals surface area contributed by atoms with Crippen LogP contribution >= 0.6 is 24.0 Å². The molecule has 1 saturated heterocycles. The Morgan fingerprint density at radius 1 is 1.44 bits per heavy atom. The van der Waals surface area contributed by atoms with Gasteiger partial charge in [-0.05, 0) is 56.2 Å². The van der Waals surface area contributed by atoms with E-state index in [9.17, 15) is 0 Å². The maximum atomic E-state index is 5.44. The predicted octanol–water partition coefficient (Wildman–Crippen LogP) is 4.21. The molecule has 4 rings (SSSR count). The average Bonchev–Trinajstić information content (AvgIpc) is 2.93. The molecule has 1 aliphatic heterocycles. The lowest BCUT2D eigenvalue weighted by atomic mass is 9.73. The zero-order valence-corrected chi connectivity index (χ0v) is 16.9. The first-order chi connectivity index (χ1) is 12.1. The Balaban J connectivity index is 1.74. The summed E-state index contributed by atoms with van der Waals surface area (Å²) in [7, 11) is 0. The van der Waals surface area contributed by atoms with Gasteiger partial charge >= 0.3 is 0 Å². The van der Waals surface area contributed by atoms with Crippen molar-refractivity contribution in [3.63, 3.8) is 0 Å². The topological polar surface area (TPSA) is 31.1 Å². The number of thiocarbonyl (C=S) groups is 1. The average molecular weight is 374 g/mol. The van der Waals surface area contributed by atoms with Crippen LogP contribution in [0.5, 0.6) is 0 Å². The van der Waals surface area contributed by atoms with Crippen LogP contribution in [0.2, 0.25) is 0 Å². The lowest BCUT2D eigenvalue weighted by Gasteiger charge is -2.47. The fourth-order valence-electron chi connectivity index (χ4n) is 4.94. The van der Waals surface area contributed by atoms with Crippen molar-refractivity contribution in [3.8, 4) is 0 Å². The van der Waals surface area contributed by atoms with E-state index in [0.29, 0.717) is 18.0 Å². The summed E-state index contributed by atoms with van der Waals surface area (Å²) in [5.74, 6) is 0.592. The van der Waals surface area contributed by atoms with Crippen molar-refractivity contribution in [2.24, 2.45) is 0 Å². The van der Waals surface area contributed by atoms with Gasteiger partial charge in [0.25, 0.3) is 0 Å². The monoisotopic (exact) mass is 373 g/mol. The van der Waals surface area contributed by atoms with E-state index in [1.807, 2.05) is 0 Å². The molecule has 1 aliphatic carbocycles. The van der Waals surface area contributed by atoms with E-state index in [2.05, 4.69) is 53.5 Å². The molecular formula is C20H27N3S2. The fourth-order valence-corrected chi connectivity index (χ4v) is 5.39. The van der Waals surface area contributed by atoms with Crippen LogP contribution in [0, 0.1) is 6.92 Å². The number of nitrogens with zero attached hydrogens (tertiary/aromatic N) is 1. The second-order valence-corrected chi connectivity index (χ2v) is 8.92. The van der Waals surface area contributed by atoms with Crippen molar-refractivity contribution < 1.29 is 0 Å². The quantitative estimate of drug-likeness (QED) is 0.789. The molecule has 2 unspecified atom stereocenters. The molecule has 1 fully saturated rings. The van der Waals surface area contributed by atoms with Gasteiger partial charge in [-0.3, -0.25) is 4.90 Å². The molecule has 0 spiro atoms. The fraction of sp³-hybridized carbons (Fsp3) is 0.550. The van der Waals surface area contributed by atoms with Gasteiger partial charge in [-0.1, -0.05) is 31.3 Å².